The van der Waals surface area contributed by atoms with E-state index in [1.54, 1.807) is 31.3 Å². The van der Waals surface area contributed by atoms with E-state index < -0.39 is 11.7 Å². The molecule has 0 aliphatic rings. The number of aryl methyl sites for hydroxylation is 1. The van der Waals surface area contributed by atoms with E-state index >= 15 is 0 Å². The fourth-order valence-electron chi connectivity index (χ4n) is 2.74. The molecule has 130 valence electrons. The van der Waals surface area contributed by atoms with Crippen LogP contribution in [0.15, 0.2) is 47.5 Å². The summed E-state index contributed by atoms with van der Waals surface area (Å²) in [5.74, 6) is -0.763. The second-order valence-electron chi connectivity index (χ2n) is 5.73. The molecule has 26 heavy (non-hydrogen) atoms. The largest absolute Gasteiger partial charge is 0.309 e. The van der Waals surface area contributed by atoms with Crippen molar-refractivity contribution >= 4 is 28.4 Å². The number of anilines is 1. The van der Waals surface area contributed by atoms with Crippen molar-refractivity contribution in [2.75, 3.05) is 5.32 Å². The molecule has 4 rings (SSSR count). The molecule has 0 fully saturated rings. The Morgan fingerprint density at radius 1 is 1.27 bits per heavy atom. The van der Waals surface area contributed by atoms with Crippen molar-refractivity contribution in [3.63, 3.8) is 0 Å². The molecule has 4 heterocycles. The Morgan fingerprint density at radius 3 is 2.88 bits per heavy atom. The van der Waals surface area contributed by atoms with Gasteiger partial charge in [0.25, 0.3) is 5.56 Å². The van der Waals surface area contributed by atoms with Crippen LogP contribution >= 0.6 is 0 Å². The van der Waals surface area contributed by atoms with Gasteiger partial charge in [-0.2, -0.15) is 9.61 Å². The van der Waals surface area contributed by atoms with Crippen molar-refractivity contribution < 1.29 is 9.18 Å². The minimum absolute atomic E-state index is 0.201. The van der Waals surface area contributed by atoms with Gasteiger partial charge < -0.3 is 5.32 Å². The van der Waals surface area contributed by atoms with Crippen LogP contribution in [0, 0.1) is 12.7 Å². The summed E-state index contributed by atoms with van der Waals surface area (Å²) in [4.78, 5) is 33.2. The lowest BCUT2D eigenvalue weighted by Crippen LogP contribution is -2.29. The molecular weight excluding hydrogens is 339 g/mol. The first-order valence-corrected chi connectivity index (χ1v) is 7.78. The SMILES string of the molecule is Cc1cc2n(CC(=O)Nc3ccc(F)cn3)c(=O)c3cccnc3n2n1. The number of aromatic nitrogens is 5. The number of pyridine rings is 2. The molecule has 0 unspecified atom stereocenters. The predicted octanol–water partition coefficient (Wildman–Crippen LogP) is 1.53. The van der Waals surface area contributed by atoms with Gasteiger partial charge in [-0.05, 0) is 31.2 Å². The highest BCUT2D eigenvalue weighted by Gasteiger charge is 2.16. The van der Waals surface area contributed by atoms with Gasteiger partial charge in [0.2, 0.25) is 5.91 Å². The third-order valence-electron chi connectivity index (χ3n) is 3.85. The highest BCUT2D eigenvalue weighted by atomic mass is 19.1. The standard InChI is InChI=1S/C17H13FN6O2/c1-10-7-15-23(9-14(25)21-13-5-4-11(18)8-20-13)17(26)12-3-2-6-19-16(12)24(15)22-10/h2-8H,9H2,1H3,(H,20,21,25). The normalized spacial score (nSPS) is 11.2. The molecule has 0 radical (unpaired) electrons. The first-order chi connectivity index (χ1) is 12.5. The Kier molecular flexibility index (Phi) is 3.68. The van der Waals surface area contributed by atoms with E-state index in [1.165, 1.54) is 21.2 Å². The first-order valence-electron chi connectivity index (χ1n) is 7.78. The number of hydrogen-bond acceptors (Lipinski definition) is 5. The van der Waals surface area contributed by atoms with Crippen molar-refractivity contribution in [3.8, 4) is 0 Å². The van der Waals surface area contributed by atoms with Gasteiger partial charge in [0, 0.05) is 12.3 Å². The summed E-state index contributed by atoms with van der Waals surface area (Å²) < 4.78 is 15.8. The summed E-state index contributed by atoms with van der Waals surface area (Å²) in [5, 5.41) is 7.25. The first kappa shape index (κ1) is 15.9. The van der Waals surface area contributed by atoms with E-state index in [0.717, 1.165) is 6.20 Å². The summed E-state index contributed by atoms with van der Waals surface area (Å²) in [7, 11) is 0. The molecule has 8 nitrogen and oxygen atoms in total. The second-order valence-corrected chi connectivity index (χ2v) is 5.73. The lowest BCUT2D eigenvalue weighted by Gasteiger charge is -2.10. The Hall–Kier alpha value is -3.62. The zero-order chi connectivity index (χ0) is 18.3. The summed E-state index contributed by atoms with van der Waals surface area (Å²) in [6.45, 7) is 1.55. The molecule has 9 heteroatoms. The van der Waals surface area contributed by atoms with Crippen molar-refractivity contribution in [2.24, 2.45) is 0 Å². The van der Waals surface area contributed by atoms with Crippen LogP contribution in [-0.2, 0) is 11.3 Å². The topological polar surface area (TPSA) is 94.2 Å². The minimum atomic E-state index is -0.502. The van der Waals surface area contributed by atoms with Gasteiger partial charge in [0.1, 0.15) is 23.8 Å². The van der Waals surface area contributed by atoms with Crippen molar-refractivity contribution in [1.29, 1.82) is 0 Å². The van der Waals surface area contributed by atoms with Crippen molar-refractivity contribution in [1.82, 2.24) is 24.1 Å². The Balaban J connectivity index is 1.77. The molecule has 0 atom stereocenters. The molecule has 0 aliphatic heterocycles. The molecule has 1 N–H and O–H groups in total. The molecule has 0 aromatic carbocycles. The van der Waals surface area contributed by atoms with Crippen LogP contribution in [-0.4, -0.2) is 30.1 Å². The molecular formula is C17H13FN6O2. The van der Waals surface area contributed by atoms with Gasteiger partial charge in [0.05, 0.1) is 17.3 Å². The van der Waals surface area contributed by atoms with Crippen LogP contribution in [0.2, 0.25) is 0 Å². The van der Waals surface area contributed by atoms with Gasteiger partial charge in [-0.1, -0.05) is 0 Å². The molecule has 0 saturated carbocycles. The molecule has 0 saturated heterocycles. The van der Waals surface area contributed by atoms with E-state index in [9.17, 15) is 14.0 Å². The van der Waals surface area contributed by atoms with E-state index in [4.69, 9.17) is 0 Å². The van der Waals surface area contributed by atoms with Gasteiger partial charge in [-0.3, -0.25) is 14.2 Å². The quantitative estimate of drug-likeness (QED) is 0.603. The number of nitrogens with one attached hydrogen (secondary N) is 1. The second kappa shape index (κ2) is 6.03. The summed E-state index contributed by atoms with van der Waals surface area (Å²) >= 11 is 0. The summed E-state index contributed by atoms with van der Waals surface area (Å²) in [6, 6.07) is 7.53. The van der Waals surface area contributed by atoms with Gasteiger partial charge in [0.15, 0.2) is 5.65 Å². The number of carbonyl (C=O) groups excluding carboxylic acids is 1. The number of carbonyl (C=O) groups is 1. The molecule has 0 spiro atoms. The molecule has 0 aliphatic carbocycles. The van der Waals surface area contributed by atoms with Crippen LogP contribution in [0.4, 0.5) is 10.2 Å². The highest BCUT2D eigenvalue weighted by Crippen LogP contribution is 2.12. The fourth-order valence-corrected chi connectivity index (χ4v) is 2.74. The van der Waals surface area contributed by atoms with Crippen LogP contribution < -0.4 is 10.9 Å². The highest BCUT2D eigenvalue weighted by molar-refractivity contribution is 5.90. The Bertz CT molecular complexity index is 1200. The molecule has 1 amide bonds. The zero-order valence-electron chi connectivity index (χ0n) is 13.7. The van der Waals surface area contributed by atoms with Crippen LogP contribution in [0.1, 0.15) is 5.69 Å². The van der Waals surface area contributed by atoms with Crippen LogP contribution in [0.3, 0.4) is 0 Å². The predicted molar refractivity (Wildman–Crippen MR) is 92.3 cm³/mol. The minimum Gasteiger partial charge on any atom is -0.309 e. The van der Waals surface area contributed by atoms with E-state index in [1.807, 2.05) is 0 Å². The monoisotopic (exact) mass is 352 g/mol. The average Bonchev–Trinajstić information content (AvgIpc) is 3.02. The van der Waals surface area contributed by atoms with E-state index in [2.05, 4.69) is 20.4 Å². The number of fused-ring (bicyclic) bond motifs is 3. The van der Waals surface area contributed by atoms with E-state index in [-0.39, 0.29) is 17.9 Å². The third kappa shape index (κ3) is 2.69. The number of hydrogen-bond donors (Lipinski definition) is 1. The summed E-state index contributed by atoms with van der Waals surface area (Å²) in [6.07, 6.45) is 2.58. The van der Waals surface area contributed by atoms with Crippen LogP contribution in [0.25, 0.3) is 16.7 Å². The number of halogens is 1. The van der Waals surface area contributed by atoms with Gasteiger partial charge in [-0.25, -0.2) is 14.4 Å². The van der Waals surface area contributed by atoms with E-state index in [0.29, 0.717) is 22.4 Å². The Labute approximate surface area is 145 Å². The lowest BCUT2D eigenvalue weighted by molar-refractivity contribution is -0.116. The third-order valence-corrected chi connectivity index (χ3v) is 3.85. The maximum Gasteiger partial charge on any atom is 0.263 e. The average molecular weight is 352 g/mol. The zero-order valence-corrected chi connectivity index (χ0v) is 13.7. The number of rotatable bonds is 3. The maximum absolute atomic E-state index is 12.9. The lowest BCUT2D eigenvalue weighted by atomic mass is 10.3. The van der Waals surface area contributed by atoms with Gasteiger partial charge in [-0.15, -0.1) is 0 Å². The number of nitrogens with zero attached hydrogens (tertiary/aromatic N) is 5. The van der Waals surface area contributed by atoms with Crippen molar-refractivity contribution in [3.05, 3.63) is 64.6 Å². The Morgan fingerprint density at radius 2 is 2.12 bits per heavy atom. The molecule has 4 aromatic rings. The summed E-state index contributed by atoms with van der Waals surface area (Å²) in [5.41, 5.74) is 1.23. The number of amides is 1. The van der Waals surface area contributed by atoms with Crippen LogP contribution in [0.5, 0.6) is 0 Å². The maximum atomic E-state index is 12.9. The molecule has 0 bridgehead atoms. The molecule has 4 aromatic heterocycles. The van der Waals surface area contributed by atoms with Gasteiger partial charge >= 0.3 is 0 Å². The fraction of sp³-hybridized carbons (Fsp3) is 0.118. The smallest absolute Gasteiger partial charge is 0.263 e. The van der Waals surface area contributed by atoms with Crippen molar-refractivity contribution in [2.45, 2.75) is 13.5 Å².